The van der Waals surface area contributed by atoms with Crippen LogP contribution >= 0.6 is 0 Å². The largest absolute Gasteiger partial charge is 0.393 e. The van der Waals surface area contributed by atoms with Crippen molar-refractivity contribution in [3.05, 3.63) is 0 Å². The third-order valence-corrected chi connectivity index (χ3v) is 8.30. The highest BCUT2D eigenvalue weighted by Crippen LogP contribution is 2.65. The van der Waals surface area contributed by atoms with E-state index in [2.05, 4.69) is 6.92 Å². The fourth-order valence-corrected chi connectivity index (χ4v) is 7.01. The molecule has 3 heteroatoms. The first-order chi connectivity index (χ1) is 10.4. The molecule has 1 N–H and O–H groups in total. The van der Waals surface area contributed by atoms with E-state index in [-0.39, 0.29) is 23.7 Å². The Labute approximate surface area is 132 Å². The predicted molar refractivity (Wildman–Crippen MR) is 83.0 cm³/mol. The first-order valence-corrected chi connectivity index (χ1v) is 9.24. The average Bonchev–Trinajstić information content (AvgIpc) is 2.71. The van der Waals surface area contributed by atoms with E-state index in [9.17, 15) is 14.3 Å². The summed E-state index contributed by atoms with van der Waals surface area (Å²) >= 11 is 0. The molecule has 0 aromatic rings. The van der Waals surface area contributed by atoms with Gasteiger partial charge in [0.2, 0.25) is 0 Å². The van der Waals surface area contributed by atoms with Crippen LogP contribution in [-0.2, 0) is 4.79 Å². The van der Waals surface area contributed by atoms with Crippen LogP contribution in [0.25, 0.3) is 0 Å². The number of alkyl halides is 1. The van der Waals surface area contributed by atoms with E-state index in [1.165, 1.54) is 25.7 Å². The van der Waals surface area contributed by atoms with Crippen molar-refractivity contribution in [3.8, 4) is 0 Å². The van der Waals surface area contributed by atoms with Gasteiger partial charge in [0.15, 0.2) is 12.0 Å². The molecule has 0 aromatic heterocycles. The van der Waals surface area contributed by atoms with E-state index in [4.69, 9.17) is 0 Å². The second kappa shape index (κ2) is 4.78. The number of carbonyl (C=O) groups excluding carboxylic acids is 1. The lowest BCUT2D eigenvalue weighted by molar-refractivity contribution is -0.163. The smallest absolute Gasteiger partial charge is 0.173 e. The molecule has 0 aromatic carbocycles. The van der Waals surface area contributed by atoms with Crippen molar-refractivity contribution in [1.29, 1.82) is 0 Å². The lowest BCUT2D eigenvalue weighted by atomic mass is 9.44. The summed E-state index contributed by atoms with van der Waals surface area (Å²) in [4.78, 5) is 12.3. The van der Waals surface area contributed by atoms with Crippen LogP contribution in [0.4, 0.5) is 4.39 Å². The Morgan fingerprint density at radius 1 is 1.09 bits per heavy atom. The molecule has 0 amide bonds. The van der Waals surface area contributed by atoms with Crippen molar-refractivity contribution < 1.29 is 14.3 Å². The fourth-order valence-electron chi connectivity index (χ4n) is 7.01. The lowest BCUT2D eigenvalue weighted by Gasteiger charge is -2.60. The van der Waals surface area contributed by atoms with Crippen LogP contribution in [0.3, 0.4) is 0 Å². The number of Topliss-reactive ketones (excluding diaryl/α,β-unsaturated/α-hetero) is 1. The quantitative estimate of drug-likeness (QED) is 0.737. The number of rotatable bonds is 0. The van der Waals surface area contributed by atoms with E-state index in [0.29, 0.717) is 23.7 Å². The Bertz CT molecular complexity index is 492. The molecule has 4 saturated carbocycles. The highest BCUT2D eigenvalue weighted by Gasteiger charge is 2.64. The van der Waals surface area contributed by atoms with Gasteiger partial charge in [-0.25, -0.2) is 4.39 Å². The van der Waals surface area contributed by atoms with E-state index in [0.717, 1.165) is 19.3 Å². The molecule has 4 aliphatic rings. The lowest BCUT2D eigenvalue weighted by Crippen LogP contribution is -2.57. The zero-order valence-electron chi connectivity index (χ0n) is 13.9. The SMILES string of the molecule is C[C@]12CCCC[C@@H]1CC(O)[C@@H]1[C@@H]2CC[C@]2(C)C(=O)[C@H](F)C[C@@H]12. The number of fused-ring (bicyclic) bond motifs is 5. The molecule has 4 aliphatic carbocycles. The molecule has 8 atom stereocenters. The predicted octanol–water partition coefficient (Wildman–Crippen LogP) is 3.91. The molecule has 4 fully saturated rings. The first-order valence-electron chi connectivity index (χ1n) is 9.24. The summed E-state index contributed by atoms with van der Waals surface area (Å²) in [5.41, 5.74) is -0.208. The van der Waals surface area contributed by atoms with Crippen LogP contribution in [0.1, 0.15) is 65.2 Å². The number of hydrogen-bond acceptors (Lipinski definition) is 2. The van der Waals surface area contributed by atoms with E-state index in [1.807, 2.05) is 6.92 Å². The minimum absolute atomic E-state index is 0.0588. The van der Waals surface area contributed by atoms with Gasteiger partial charge in [-0.1, -0.05) is 26.7 Å². The maximum Gasteiger partial charge on any atom is 0.173 e. The van der Waals surface area contributed by atoms with Gasteiger partial charge >= 0.3 is 0 Å². The van der Waals surface area contributed by atoms with Gasteiger partial charge in [-0.2, -0.15) is 0 Å². The second-order valence-corrected chi connectivity index (χ2v) is 9.07. The zero-order chi connectivity index (χ0) is 15.7. The summed E-state index contributed by atoms with van der Waals surface area (Å²) in [6, 6.07) is 0. The summed E-state index contributed by atoms with van der Waals surface area (Å²) in [7, 11) is 0. The summed E-state index contributed by atoms with van der Waals surface area (Å²) in [6.45, 7) is 4.39. The van der Waals surface area contributed by atoms with Gasteiger partial charge in [0.1, 0.15) is 0 Å². The highest BCUT2D eigenvalue weighted by molar-refractivity contribution is 5.91. The Balaban J connectivity index is 1.71. The molecule has 0 saturated heterocycles. The maximum absolute atomic E-state index is 14.1. The molecular weight excluding hydrogens is 279 g/mol. The molecule has 0 heterocycles. The summed E-state index contributed by atoms with van der Waals surface area (Å²) in [5, 5.41) is 10.9. The molecule has 0 aliphatic heterocycles. The normalized spacial score (nSPS) is 57.9. The Morgan fingerprint density at radius 2 is 1.86 bits per heavy atom. The van der Waals surface area contributed by atoms with Crippen molar-refractivity contribution in [2.45, 2.75) is 77.5 Å². The molecule has 0 bridgehead atoms. The van der Waals surface area contributed by atoms with Gasteiger partial charge in [-0.15, -0.1) is 0 Å². The van der Waals surface area contributed by atoms with E-state index in [1.54, 1.807) is 0 Å². The van der Waals surface area contributed by atoms with Gasteiger partial charge in [0, 0.05) is 5.41 Å². The van der Waals surface area contributed by atoms with Crippen molar-refractivity contribution >= 4 is 5.78 Å². The molecule has 2 nitrogen and oxygen atoms in total. The Hall–Kier alpha value is -0.440. The summed E-state index contributed by atoms with van der Waals surface area (Å²) in [6.07, 6.45) is 6.50. The third-order valence-electron chi connectivity index (χ3n) is 8.30. The molecule has 22 heavy (non-hydrogen) atoms. The van der Waals surface area contributed by atoms with Gasteiger partial charge in [0.05, 0.1) is 6.10 Å². The van der Waals surface area contributed by atoms with Gasteiger partial charge in [-0.3, -0.25) is 4.79 Å². The minimum Gasteiger partial charge on any atom is -0.393 e. The molecule has 124 valence electrons. The Kier molecular flexibility index (Phi) is 3.28. The maximum atomic E-state index is 14.1. The number of hydrogen-bond donors (Lipinski definition) is 1. The number of ketones is 1. The zero-order valence-corrected chi connectivity index (χ0v) is 13.9. The number of aliphatic hydroxyl groups excluding tert-OH is 1. The van der Waals surface area contributed by atoms with Crippen molar-refractivity contribution in [2.75, 3.05) is 0 Å². The van der Waals surface area contributed by atoms with Crippen LogP contribution in [-0.4, -0.2) is 23.2 Å². The summed E-state index contributed by atoms with van der Waals surface area (Å²) < 4.78 is 14.1. The van der Waals surface area contributed by atoms with Crippen LogP contribution in [0, 0.1) is 34.5 Å². The molecule has 1 unspecified atom stereocenters. The Morgan fingerprint density at radius 3 is 2.64 bits per heavy atom. The molecular formula is C19H29FO2. The first kappa shape index (κ1) is 15.1. The van der Waals surface area contributed by atoms with Gasteiger partial charge in [-0.05, 0) is 67.6 Å². The van der Waals surface area contributed by atoms with Crippen molar-refractivity contribution in [3.63, 3.8) is 0 Å². The number of halogens is 1. The van der Waals surface area contributed by atoms with Crippen LogP contribution in [0.5, 0.6) is 0 Å². The van der Waals surface area contributed by atoms with Crippen LogP contribution < -0.4 is 0 Å². The third kappa shape index (κ3) is 1.78. The number of carbonyl (C=O) groups is 1. The van der Waals surface area contributed by atoms with Gasteiger partial charge < -0.3 is 5.11 Å². The van der Waals surface area contributed by atoms with E-state index < -0.39 is 11.6 Å². The molecule has 4 rings (SSSR count). The van der Waals surface area contributed by atoms with Crippen molar-refractivity contribution in [2.24, 2.45) is 34.5 Å². The van der Waals surface area contributed by atoms with Crippen LogP contribution in [0.15, 0.2) is 0 Å². The van der Waals surface area contributed by atoms with Crippen LogP contribution in [0.2, 0.25) is 0 Å². The minimum atomic E-state index is -1.29. The topological polar surface area (TPSA) is 37.3 Å². The molecule has 0 spiro atoms. The van der Waals surface area contributed by atoms with Gasteiger partial charge in [0.25, 0.3) is 0 Å². The second-order valence-electron chi connectivity index (χ2n) is 9.07. The monoisotopic (exact) mass is 308 g/mol. The highest BCUT2D eigenvalue weighted by atomic mass is 19.1. The average molecular weight is 308 g/mol. The molecule has 0 radical (unpaired) electrons. The van der Waals surface area contributed by atoms with Crippen molar-refractivity contribution in [1.82, 2.24) is 0 Å². The number of aliphatic hydroxyl groups is 1. The fraction of sp³-hybridized carbons (Fsp3) is 0.947. The van der Waals surface area contributed by atoms with E-state index >= 15 is 0 Å². The standard InChI is InChI=1S/C19H29FO2/c1-18-7-4-3-5-11(18)9-15(21)16-12(18)6-8-19(2)13(16)10-14(20)17(19)22/h11-16,21H,3-10H2,1-2H3/t11-,12+,13+,14-,15?,16-,18+,19+/m1/s1. The summed E-state index contributed by atoms with van der Waals surface area (Å²) in [5.74, 6) is 1.13.